The van der Waals surface area contributed by atoms with Crippen molar-refractivity contribution in [3.8, 4) is 0 Å². The Kier molecular flexibility index (Phi) is 4.66. The van der Waals surface area contributed by atoms with Crippen LogP contribution in [0.15, 0.2) is 41.7 Å². The molecular weight excluding hydrogens is 352 g/mol. The van der Waals surface area contributed by atoms with Crippen molar-refractivity contribution in [3.63, 3.8) is 0 Å². The largest absolute Gasteiger partial charge is 0.344 e. The molecule has 3 N–H and O–H groups in total. The van der Waals surface area contributed by atoms with Crippen LogP contribution in [-0.2, 0) is 11.2 Å². The van der Waals surface area contributed by atoms with Crippen LogP contribution in [0.5, 0.6) is 0 Å². The number of hydrogen-bond acceptors (Lipinski definition) is 4. The maximum Gasteiger partial charge on any atom is 0.255 e. The molecule has 0 aliphatic carbocycles. The van der Waals surface area contributed by atoms with Gasteiger partial charge in [-0.2, -0.15) is 10.2 Å². The first-order valence-corrected chi connectivity index (χ1v) is 9.77. The van der Waals surface area contributed by atoms with E-state index in [1.165, 1.54) is 0 Å². The first kappa shape index (κ1) is 18.3. The molecule has 0 fully saturated rings. The highest BCUT2D eigenvalue weighted by molar-refractivity contribution is 6.06. The van der Waals surface area contributed by atoms with E-state index in [2.05, 4.69) is 47.7 Å². The molecule has 7 heteroatoms. The van der Waals surface area contributed by atoms with Crippen LogP contribution in [0.3, 0.4) is 0 Å². The van der Waals surface area contributed by atoms with E-state index < -0.39 is 0 Å². The highest BCUT2D eigenvalue weighted by Gasteiger charge is 2.32. The maximum atomic E-state index is 13.3. The molecule has 2 aromatic heterocycles. The third kappa shape index (κ3) is 3.28. The van der Waals surface area contributed by atoms with E-state index in [0.29, 0.717) is 5.92 Å². The van der Waals surface area contributed by atoms with Crippen LogP contribution in [0, 0.1) is 5.92 Å². The van der Waals surface area contributed by atoms with Crippen LogP contribution in [0.25, 0.3) is 10.9 Å². The number of nitrogens with one attached hydrogen (secondary N) is 3. The highest BCUT2D eigenvalue weighted by Crippen LogP contribution is 2.36. The lowest BCUT2D eigenvalue weighted by atomic mass is 9.93. The molecule has 1 aliphatic heterocycles. The highest BCUT2D eigenvalue weighted by atomic mass is 16.1. The number of anilines is 2. The summed E-state index contributed by atoms with van der Waals surface area (Å²) in [6.07, 6.45) is 3.46. The molecule has 0 radical (unpaired) electrons. The summed E-state index contributed by atoms with van der Waals surface area (Å²) in [5.74, 6) is 1.29. The summed E-state index contributed by atoms with van der Waals surface area (Å²) in [6.45, 7) is 8.39. The standard InChI is InChI=1S/C21H26N6O/c1-5-15-10-19-23-13(4)20(18(8-12(2)3)27(19)26-15)21(28)24-16-6-7-17-14(9-16)11-22-25-17/h6-7,9-12,18,23H,5,8H2,1-4H3,(H,22,25)(H,24,28). The predicted octanol–water partition coefficient (Wildman–Crippen LogP) is 4.25. The molecule has 0 bridgehead atoms. The first-order valence-electron chi connectivity index (χ1n) is 9.77. The number of nitrogens with zero attached hydrogens (tertiary/aromatic N) is 3. The fourth-order valence-corrected chi connectivity index (χ4v) is 3.79. The van der Waals surface area contributed by atoms with E-state index in [-0.39, 0.29) is 11.9 Å². The number of aromatic amines is 1. The monoisotopic (exact) mass is 378 g/mol. The van der Waals surface area contributed by atoms with Gasteiger partial charge in [-0.25, -0.2) is 4.68 Å². The Balaban J connectivity index is 1.67. The van der Waals surface area contributed by atoms with Gasteiger partial charge < -0.3 is 10.6 Å². The first-order chi connectivity index (χ1) is 13.5. The molecule has 0 saturated carbocycles. The molecule has 1 aliphatic rings. The van der Waals surface area contributed by atoms with Crippen LogP contribution in [0.4, 0.5) is 11.5 Å². The van der Waals surface area contributed by atoms with Crippen LogP contribution in [0.2, 0.25) is 0 Å². The van der Waals surface area contributed by atoms with Crippen molar-refractivity contribution in [2.24, 2.45) is 5.92 Å². The molecule has 1 atom stereocenters. The number of benzene rings is 1. The van der Waals surface area contributed by atoms with Crippen molar-refractivity contribution in [1.29, 1.82) is 0 Å². The van der Waals surface area contributed by atoms with Gasteiger partial charge in [0.2, 0.25) is 0 Å². The summed E-state index contributed by atoms with van der Waals surface area (Å²) in [6, 6.07) is 7.71. The van der Waals surface area contributed by atoms with Gasteiger partial charge in [0.15, 0.2) is 0 Å². The van der Waals surface area contributed by atoms with Gasteiger partial charge in [0.25, 0.3) is 5.91 Å². The minimum atomic E-state index is -0.0994. The van der Waals surface area contributed by atoms with E-state index in [4.69, 9.17) is 5.10 Å². The second-order valence-electron chi connectivity index (χ2n) is 7.75. The third-order valence-electron chi connectivity index (χ3n) is 5.13. The smallest absolute Gasteiger partial charge is 0.255 e. The SMILES string of the molecule is CCc1cc2n(n1)C(CC(C)C)C(C(=O)Nc1ccc3[nH]ncc3c1)=C(C)N2. The van der Waals surface area contributed by atoms with E-state index >= 15 is 0 Å². The van der Waals surface area contributed by atoms with Crippen molar-refractivity contribution in [3.05, 3.63) is 47.4 Å². The molecule has 7 nitrogen and oxygen atoms in total. The molecule has 0 spiro atoms. The lowest BCUT2D eigenvalue weighted by Gasteiger charge is -2.30. The normalized spacial score (nSPS) is 16.4. The fourth-order valence-electron chi connectivity index (χ4n) is 3.79. The van der Waals surface area contributed by atoms with Gasteiger partial charge in [-0.3, -0.25) is 9.89 Å². The fraction of sp³-hybridized carbons (Fsp3) is 0.381. The number of aromatic nitrogens is 4. The lowest BCUT2D eigenvalue weighted by molar-refractivity contribution is -0.113. The molecule has 1 amide bonds. The number of hydrogen-bond donors (Lipinski definition) is 3. The lowest BCUT2D eigenvalue weighted by Crippen LogP contribution is -2.31. The minimum Gasteiger partial charge on any atom is -0.344 e. The second kappa shape index (κ2) is 7.14. The number of fused-ring (bicyclic) bond motifs is 2. The van der Waals surface area contributed by atoms with E-state index in [9.17, 15) is 4.79 Å². The summed E-state index contributed by atoms with van der Waals surface area (Å²) < 4.78 is 1.97. The summed E-state index contributed by atoms with van der Waals surface area (Å²) in [7, 11) is 0. The number of rotatable bonds is 5. The number of aryl methyl sites for hydroxylation is 1. The zero-order valence-corrected chi connectivity index (χ0v) is 16.7. The number of carbonyl (C=O) groups excluding carboxylic acids is 1. The molecular formula is C21H26N6O. The molecule has 1 aromatic carbocycles. The molecule has 28 heavy (non-hydrogen) atoms. The molecule has 3 heterocycles. The zero-order valence-electron chi connectivity index (χ0n) is 16.7. The second-order valence-corrected chi connectivity index (χ2v) is 7.75. The van der Waals surface area contributed by atoms with Crippen molar-refractivity contribution < 1.29 is 4.79 Å². The number of carbonyl (C=O) groups is 1. The Hall–Kier alpha value is -3.09. The minimum absolute atomic E-state index is 0.0887. The molecule has 146 valence electrons. The average Bonchev–Trinajstić information content (AvgIpc) is 3.26. The quantitative estimate of drug-likeness (QED) is 0.619. The molecule has 1 unspecified atom stereocenters. The summed E-state index contributed by atoms with van der Waals surface area (Å²) in [5, 5.41) is 19.1. The van der Waals surface area contributed by atoms with Gasteiger partial charge in [-0.05, 0) is 43.9 Å². The summed E-state index contributed by atoms with van der Waals surface area (Å²) in [4.78, 5) is 13.3. The predicted molar refractivity (Wildman–Crippen MR) is 111 cm³/mol. The van der Waals surface area contributed by atoms with E-state index in [1.807, 2.05) is 29.8 Å². The van der Waals surface area contributed by atoms with Crippen molar-refractivity contribution in [2.75, 3.05) is 10.6 Å². The number of H-pyrrole nitrogens is 1. The Morgan fingerprint density at radius 3 is 2.89 bits per heavy atom. The average molecular weight is 378 g/mol. The Labute approximate surface area is 164 Å². The summed E-state index contributed by atoms with van der Waals surface area (Å²) >= 11 is 0. The van der Waals surface area contributed by atoms with Crippen LogP contribution >= 0.6 is 0 Å². The molecule has 0 saturated heterocycles. The molecule has 4 rings (SSSR count). The van der Waals surface area contributed by atoms with Gasteiger partial charge in [-0.15, -0.1) is 0 Å². The van der Waals surface area contributed by atoms with Gasteiger partial charge in [-0.1, -0.05) is 20.8 Å². The zero-order chi connectivity index (χ0) is 19.8. The van der Waals surface area contributed by atoms with Gasteiger partial charge >= 0.3 is 0 Å². The van der Waals surface area contributed by atoms with Crippen molar-refractivity contribution in [2.45, 2.75) is 46.6 Å². The Morgan fingerprint density at radius 2 is 2.14 bits per heavy atom. The van der Waals surface area contributed by atoms with Crippen molar-refractivity contribution >= 4 is 28.3 Å². The van der Waals surface area contributed by atoms with Crippen LogP contribution < -0.4 is 10.6 Å². The van der Waals surface area contributed by atoms with E-state index in [1.54, 1.807) is 6.20 Å². The third-order valence-corrected chi connectivity index (χ3v) is 5.13. The van der Waals surface area contributed by atoms with Gasteiger partial charge in [0.05, 0.1) is 29.0 Å². The number of amides is 1. The Morgan fingerprint density at radius 1 is 1.32 bits per heavy atom. The molecule has 3 aromatic rings. The Bertz CT molecular complexity index is 1060. The van der Waals surface area contributed by atoms with Gasteiger partial charge in [0, 0.05) is 22.8 Å². The number of allylic oxidation sites excluding steroid dienone is 1. The van der Waals surface area contributed by atoms with E-state index in [0.717, 1.165) is 52.2 Å². The summed E-state index contributed by atoms with van der Waals surface area (Å²) in [5.41, 5.74) is 4.33. The van der Waals surface area contributed by atoms with Crippen molar-refractivity contribution in [1.82, 2.24) is 20.0 Å². The van der Waals surface area contributed by atoms with Crippen LogP contribution in [-0.4, -0.2) is 25.9 Å². The van der Waals surface area contributed by atoms with Gasteiger partial charge in [0.1, 0.15) is 5.82 Å². The maximum absolute atomic E-state index is 13.3. The topological polar surface area (TPSA) is 87.6 Å². The van der Waals surface area contributed by atoms with Crippen LogP contribution in [0.1, 0.15) is 45.9 Å².